The zero-order chi connectivity index (χ0) is 9.56. The summed E-state index contributed by atoms with van der Waals surface area (Å²) < 4.78 is 4.78. The van der Waals surface area contributed by atoms with Crippen LogP contribution in [0, 0.1) is 0 Å². The fourth-order valence-electron chi connectivity index (χ4n) is 0.610. The van der Waals surface area contributed by atoms with Crippen molar-refractivity contribution in [2.24, 2.45) is 5.73 Å². The minimum Gasteiger partial charge on any atom is -0.464 e. The SMILES string of the molecule is CCCCOC(=O)C(N)C(C)O. The average Bonchev–Trinajstić information content (AvgIpc) is 2.03. The van der Waals surface area contributed by atoms with Gasteiger partial charge < -0.3 is 15.6 Å². The summed E-state index contributed by atoms with van der Waals surface area (Å²) in [4.78, 5) is 11.0. The molecule has 0 aliphatic heterocycles. The first-order valence-electron chi connectivity index (χ1n) is 4.19. The molecule has 12 heavy (non-hydrogen) atoms. The van der Waals surface area contributed by atoms with E-state index in [1.54, 1.807) is 0 Å². The highest BCUT2D eigenvalue weighted by Crippen LogP contribution is 1.95. The lowest BCUT2D eigenvalue weighted by molar-refractivity contribution is -0.147. The number of carbonyl (C=O) groups is 1. The third kappa shape index (κ3) is 4.31. The molecule has 0 rings (SSSR count). The molecule has 0 aromatic carbocycles. The van der Waals surface area contributed by atoms with Crippen LogP contribution in [0.2, 0.25) is 0 Å². The monoisotopic (exact) mass is 175 g/mol. The lowest BCUT2D eigenvalue weighted by atomic mass is 10.2. The van der Waals surface area contributed by atoms with Crippen LogP contribution in [-0.2, 0) is 9.53 Å². The highest BCUT2D eigenvalue weighted by Gasteiger charge is 2.19. The van der Waals surface area contributed by atoms with Crippen molar-refractivity contribution in [3.05, 3.63) is 0 Å². The summed E-state index contributed by atoms with van der Waals surface area (Å²) in [5.41, 5.74) is 5.32. The third-order valence-corrected chi connectivity index (χ3v) is 1.53. The minimum atomic E-state index is -0.915. The molecule has 0 aliphatic rings. The zero-order valence-corrected chi connectivity index (χ0v) is 7.62. The number of hydrogen-bond donors (Lipinski definition) is 2. The van der Waals surface area contributed by atoms with Gasteiger partial charge in [0.25, 0.3) is 0 Å². The van der Waals surface area contributed by atoms with E-state index in [9.17, 15) is 4.79 Å². The number of carbonyl (C=O) groups excluding carboxylic acids is 1. The first-order valence-corrected chi connectivity index (χ1v) is 4.19. The maximum Gasteiger partial charge on any atom is 0.325 e. The van der Waals surface area contributed by atoms with Gasteiger partial charge in [-0.2, -0.15) is 0 Å². The molecule has 0 aromatic heterocycles. The average molecular weight is 175 g/mol. The lowest BCUT2D eigenvalue weighted by Gasteiger charge is -2.13. The van der Waals surface area contributed by atoms with Gasteiger partial charge in [-0.15, -0.1) is 0 Å². The van der Waals surface area contributed by atoms with E-state index in [0.717, 1.165) is 12.8 Å². The van der Waals surface area contributed by atoms with Crippen LogP contribution in [0.15, 0.2) is 0 Å². The van der Waals surface area contributed by atoms with Gasteiger partial charge in [0, 0.05) is 0 Å². The Balaban J connectivity index is 3.57. The van der Waals surface area contributed by atoms with E-state index in [4.69, 9.17) is 15.6 Å². The van der Waals surface area contributed by atoms with E-state index in [1.807, 2.05) is 6.92 Å². The molecule has 0 heterocycles. The van der Waals surface area contributed by atoms with Crippen LogP contribution >= 0.6 is 0 Å². The Hall–Kier alpha value is -0.610. The molecule has 0 radical (unpaired) electrons. The summed E-state index contributed by atoms with van der Waals surface area (Å²) in [6, 6.07) is -0.915. The predicted octanol–water partition coefficient (Wildman–Crippen LogP) is 0.0378. The number of nitrogens with two attached hydrogens (primary N) is 1. The molecule has 0 saturated heterocycles. The summed E-state index contributed by atoms with van der Waals surface area (Å²) >= 11 is 0. The number of unbranched alkanes of at least 4 members (excludes halogenated alkanes) is 1. The molecular formula is C8H17NO3. The number of aliphatic hydroxyl groups excluding tert-OH is 1. The van der Waals surface area contributed by atoms with Gasteiger partial charge in [-0.05, 0) is 13.3 Å². The van der Waals surface area contributed by atoms with Gasteiger partial charge in [-0.3, -0.25) is 4.79 Å². The number of rotatable bonds is 5. The zero-order valence-electron chi connectivity index (χ0n) is 7.62. The summed E-state index contributed by atoms with van der Waals surface area (Å²) in [5, 5.41) is 8.92. The first-order chi connectivity index (χ1) is 5.59. The molecule has 72 valence electrons. The predicted molar refractivity (Wildman–Crippen MR) is 45.5 cm³/mol. The van der Waals surface area contributed by atoms with Gasteiger partial charge in [0.15, 0.2) is 0 Å². The summed E-state index contributed by atoms with van der Waals surface area (Å²) in [7, 11) is 0. The maximum atomic E-state index is 11.0. The highest BCUT2D eigenvalue weighted by molar-refractivity contribution is 5.76. The van der Waals surface area contributed by atoms with E-state index < -0.39 is 18.1 Å². The van der Waals surface area contributed by atoms with E-state index in [2.05, 4.69) is 0 Å². The second-order valence-electron chi connectivity index (χ2n) is 2.79. The minimum absolute atomic E-state index is 0.385. The normalized spacial score (nSPS) is 15.3. The molecule has 0 fully saturated rings. The van der Waals surface area contributed by atoms with Crippen molar-refractivity contribution >= 4 is 5.97 Å². The fraction of sp³-hybridized carbons (Fsp3) is 0.875. The van der Waals surface area contributed by atoms with Gasteiger partial charge in [-0.25, -0.2) is 0 Å². The molecule has 3 N–H and O–H groups in total. The van der Waals surface area contributed by atoms with Crippen molar-refractivity contribution in [1.29, 1.82) is 0 Å². The number of esters is 1. The topological polar surface area (TPSA) is 72.5 Å². The largest absolute Gasteiger partial charge is 0.464 e. The van der Waals surface area contributed by atoms with Crippen molar-refractivity contribution in [3.8, 4) is 0 Å². The molecular weight excluding hydrogens is 158 g/mol. The maximum absolute atomic E-state index is 11.0. The Morgan fingerprint density at radius 1 is 1.67 bits per heavy atom. The Morgan fingerprint density at radius 2 is 2.25 bits per heavy atom. The van der Waals surface area contributed by atoms with Crippen molar-refractivity contribution in [1.82, 2.24) is 0 Å². The summed E-state index contributed by atoms with van der Waals surface area (Å²) in [5.74, 6) is -0.529. The molecule has 4 nitrogen and oxygen atoms in total. The molecule has 2 atom stereocenters. The molecule has 0 bridgehead atoms. The molecule has 4 heteroatoms. The Bertz CT molecular complexity index is 136. The smallest absolute Gasteiger partial charge is 0.325 e. The van der Waals surface area contributed by atoms with Gasteiger partial charge >= 0.3 is 5.97 Å². The first kappa shape index (κ1) is 11.4. The highest BCUT2D eigenvalue weighted by atomic mass is 16.5. The fourth-order valence-corrected chi connectivity index (χ4v) is 0.610. The lowest BCUT2D eigenvalue weighted by Crippen LogP contribution is -2.41. The van der Waals surface area contributed by atoms with Gasteiger partial charge in [0.2, 0.25) is 0 Å². The van der Waals surface area contributed by atoms with Gasteiger partial charge in [-0.1, -0.05) is 13.3 Å². The van der Waals surface area contributed by atoms with Crippen molar-refractivity contribution in [3.63, 3.8) is 0 Å². The summed E-state index contributed by atoms with van der Waals surface area (Å²) in [6.07, 6.45) is 0.953. The van der Waals surface area contributed by atoms with E-state index in [0.29, 0.717) is 6.61 Å². The molecule has 2 unspecified atom stereocenters. The number of ether oxygens (including phenoxy) is 1. The molecule has 0 saturated carbocycles. The van der Waals surface area contributed by atoms with E-state index in [1.165, 1.54) is 6.92 Å². The quantitative estimate of drug-likeness (QED) is 0.457. The van der Waals surface area contributed by atoms with Crippen molar-refractivity contribution in [2.75, 3.05) is 6.61 Å². The standard InChI is InChI=1S/C8H17NO3/c1-3-4-5-12-8(11)7(9)6(2)10/h6-7,10H,3-5,9H2,1-2H3. The van der Waals surface area contributed by atoms with Crippen molar-refractivity contribution < 1.29 is 14.6 Å². The molecule has 0 aromatic rings. The second kappa shape index (κ2) is 5.97. The van der Waals surface area contributed by atoms with Gasteiger partial charge in [0.1, 0.15) is 6.04 Å². The van der Waals surface area contributed by atoms with Crippen molar-refractivity contribution in [2.45, 2.75) is 38.8 Å². The van der Waals surface area contributed by atoms with Crippen LogP contribution in [-0.4, -0.2) is 29.8 Å². The van der Waals surface area contributed by atoms with Crippen LogP contribution in [0.3, 0.4) is 0 Å². The number of aliphatic hydroxyl groups is 1. The second-order valence-corrected chi connectivity index (χ2v) is 2.79. The third-order valence-electron chi connectivity index (χ3n) is 1.53. The van der Waals surface area contributed by atoms with E-state index in [-0.39, 0.29) is 0 Å². The van der Waals surface area contributed by atoms with E-state index >= 15 is 0 Å². The Morgan fingerprint density at radius 3 is 2.67 bits per heavy atom. The molecule has 0 spiro atoms. The Labute approximate surface area is 72.7 Å². The van der Waals surface area contributed by atoms with Crippen LogP contribution in [0.5, 0.6) is 0 Å². The molecule has 0 amide bonds. The molecule has 0 aliphatic carbocycles. The van der Waals surface area contributed by atoms with Crippen LogP contribution in [0.25, 0.3) is 0 Å². The summed E-state index contributed by atoms with van der Waals surface area (Å²) in [6.45, 7) is 3.85. The van der Waals surface area contributed by atoms with Gasteiger partial charge in [0.05, 0.1) is 12.7 Å². The van der Waals surface area contributed by atoms with Crippen LogP contribution in [0.1, 0.15) is 26.7 Å². The van der Waals surface area contributed by atoms with Crippen LogP contribution < -0.4 is 5.73 Å². The van der Waals surface area contributed by atoms with Crippen LogP contribution in [0.4, 0.5) is 0 Å². The number of hydrogen-bond acceptors (Lipinski definition) is 4. The Kier molecular flexibility index (Phi) is 5.66.